The molecule has 4 nitrogen and oxygen atoms in total. The standard InChI is InChI=1S/C20H26ClNO3/c1-3-18(13-23)22-12-15-8-9-19(20(11-15)24-4-2)25-14-16-6-5-7-17(21)10-16/h5-11,18,22-23H,3-4,12-14H2,1-2H3/t18-/m0/s1. The molecule has 0 aliphatic rings. The van der Waals surface area contributed by atoms with E-state index in [1.165, 1.54) is 0 Å². The lowest BCUT2D eigenvalue weighted by Crippen LogP contribution is -2.31. The Morgan fingerprint density at radius 3 is 2.56 bits per heavy atom. The zero-order valence-corrected chi connectivity index (χ0v) is 15.6. The molecule has 0 heterocycles. The first-order chi connectivity index (χ1) is 12.2. The summed E-state index contributed by atoms with van der Waals surface area (Å²) in [7, 11) is 0. The Morgan fingerprint density at radius 2 is 1.88 bits per heavy atom. The van der Waals surface area contributed by atoms with Gasteiger partial charge in [-0.05, 0) is 48.7 Å². The van der Waals surface area contributed by atoms with Crippen LogP contribution in [0.25, 0.3) is 0 Å². The molecule has 0 bridgehead atoms. The molecule has 136 valence electrons. The van der Waals surface area contributed by atoms with Crippen molar-refractivity contribution in [3.63, 3.8) is 0 Å². The molecular weight excluding hydrogens is 338 g/mol. The van der Waals surface area contributed by atoms with Crippen molar-refractivity contribution in [1.29, 1.82) is 0 Å². The fourth-order valence-corrected chi connectivity index (χ4v) is 2.65. The van der Waals surface area contributed by atoms with Gasteiger partial charge in [-0.2, -0.15) is 0 Å². The van der Waals surface area contributed by atoms with Crippen LogP contribution in [0.15, 0.2) is 42.5 Å². The molecule has 0 aromatic heterocycles. The summed E-state index contributed by atoms with van der Waals surface area (Å²) >= 11 is 6.01. The lowest BCUT2D eigenvalue weighted by molar-refractivity contribution is 0.238. The van der Waals surface area contributed by atoms with Crippen LogP contribution in [0.4, 0.5) is 0 Å². The lowest BCUT2D eigenvalue weighted by Gasteiger charge is -2.16. The fourth-order valence-electron chi connectivity index (χ4n) is 2.44. The molecule has 5 heteroatoms. The van der Waals surface area contributed by atoms with E-state index in [0.29, 0.717) is 30.5 Å². The highest BCUT2D eigenvalue weighted by atomic mass is 35.5. The summed E-state index contributed by atoms with van der Waals surface area (Å²) in [4.78, 5) is 0. The predicted octanol–water partition coefficient (Wildman–Crippen LogP) is 4.18. The van der Waals surface area contributed by atoms with Crippen molar-refractivity contribution in [1.82, 2.24) is 5.32 Å². The van der Waals surface area contributed by atoms with Crippen molar-refractivity contribution >= 4 is 11.6 Å². The van der Waals surface area contributed by atoms with Gasteiger partial charge in [0, 0.05) is 17.6 Å². The van der Waals surface area contributed by atoms with Gasteiger partial charge >= 0.3 is 0 Å². The van der Waals surface area contributed by atoms with E-state index in [9.17, 15) is 5.11 Å². The normalized spacial score (nSPS) is 12.0. The fraction of sp³-hybridized carbons (Fsp3) is 0.400. The molecule has 2 N–H and O–H groups in total. The Hall–Kier alpha value is -1.75. The van der Waals surface area contributed by atoms with Gasteiger partial charge in [-0.15, -0.1) is 0 Å². The summed E-state index contributed by atoms with van der Waals surface area (Å²) < 4.78 is 11.6. The zero-order chi connectivity index (χ0) is 18.1. The third-order valence-electron chi connectivity index (χ3n) is 3.90. The quantitative estimate of drug-likeness (QED) is 0.665. The Morgan fingerprint density at radius 1 is 1.04 bits per heavy atom. The summed E-state index contributed by atoms with van der Waals surface area (Å²) in [6.45, 7) is 5.81. The third kappa shape index (κ3) is 6.24. The van der Waals surface area contributed by atoms with Crippen molar-refractivity contribution in [2.75, 3.05) is 13.2 Å². The number of ether oxygens (including phenoxy) is 2. The van der Waals surface area contributed by atoms with Gasteiger partial charge < -0.3 is 19.9 Å². The smallest absolute Gasteiger partial charge is 0.161 e. The van der Waals surface area contributed by atoms with Crippen LogP contribution in [0.2, 0.25) is 5.02 Å². The second-order valence-electron chi connectivity index (χ2n) is 5.80. The average Bonchev–Trinajstić information content (AvgIpc) is 2.62. The second kappa shape index (κ2) is 10.3. The van der Waals surface area contributed by atoms with Crippen LogP contribution in [-0.2, 0) is 13.2 Å². The summed E-state index contributed by atoms with van der Waals surface area (Å²) in [5.74, 6) is 1.43. The van der Waals surface area contributed by atoms with E-state index in [-0.39, 0.29) is 12.6 Å². The van der Waals surface area contributed by atoms with Gasteiger partial charge in [-0.25, -0.2) is 0 Å². The number of aliphatic hydroxyl groups excluding tert-OH is 1. The van der Waals surface area contributed by atoms with E-state index in [0.717, 1.165) is 23.3 Å². The molecule has 1 atom stereocenters. The van der Waals surface area contributed by atoms with Crippen molar-refractivity contribution < 1.29 is 14.6 Å². The molecule has 0 aliphatic heterocycles. The van der Waals surface area contributed by atoms with E-state index in [4.69, 9.17) is 21.1 Å². The first-order valence-corrected chi connectivity index (χ1v) is 9.01. The van der Waals surface area contributed by atoms with Gasteiger partial charge in [0.05, 0.1) is 13.2 Å². The van der Waals surface area contributed by atoms with Crippen LogP contribution in [0.5, 0.6) is 11.5 Å². The number of aliphatic hydroxyl groups is 1. The number of halogens is 1. The van der Waals surface area contributed by atoms with Gasteiger partial charge in [-0.1, -0.05) is 36.7 Å². The molecule has 2 aromatic carbocycles. The average molecular weight is 364 g/mol. The molecular formula is C20H26ClNO3. The predicted molar refractivity (Wildman–Crippen MR) is 101 cm³/mol. The third-order valence-corrected chi connectivity index (χ3v) is 4.13. The van der Waals surface area contributed by atoms with Crippen LogP contribution < -0.4 is 14.8 Å². The van der Waals surface area contributed by atoms with Crippen molar-refractivity contribution in [2.24, 2.45) is 0 Å². The Labute approximate surface area is 154 Å². The van der Waals surface area contributed by atoms with Crippen molar-refractivity contribution in [3.05, 3.63) is 58.6 Å². The van der Waals surface area contributed by atoms with Gasteiger partial charge in [0.1, 0.15) is 6.61 Å². The van der Waals surface area contributed by atoms with E-state index < -0.39 is 0 Å². The maximum Gasteiger partial charge on any atom is 0.161 e. The molecule has 25 heavy (non-hydrogen) atoms. The molecule has 2 rings (SSSR count). The Kier molecular flexibility index (Phi) is 8.06. The first-order valence-electron chi connectivity index (χ1n) is 8.63. The monoisotopic (exact) mass is 363 g/mol. The number of hydrogen-bond acceptors (Lipinski definition) is 4. The van der Waals surface area contributed by atoms with Gasteiger partial charge in [0.2, 0.25) is 0 Å². The summed E-state index contributed by atoms with van der Waals surface area (Å²) in [5, 5.41) is 13.3. The summed E-state index contributed by atoms with van der Waals surface area (Å²) in [5.41, 5.74) is 2.10. The molecule has 0 spiro atoms. The number of hydrogen-bond donors (Lipinski definition) is 2. The van der Waals surface area contributed by atoms with Crippen LogP contribution in [0, 0.1) is 0 Å². The van der Waals surface area contributed by atoms with Crippen LogP contribution in [0.3, 0.4) is 0 Å². The minimum Gasteiger partial charge on any atom is -0.490 e. The van der Waals surface area contributed by atoms with Crippen molar-refractivity contribution in [3.8, 4) is 11.5 Å². The molecule has 0 saturated heterocycles. The molecule has 0 aliphatic carbocycles. The maximum absolute atomic E-state index is 9.27. The number of nitrogens with one attached hydrogen (secondary N) is 1. The maximum atomic E-state index is 9.27. The largest absolute Gasteiger partial charge is 0.490 e. The van der Waals surface area contributed by atoms with Crippen molar-refractivity contribution in [2.45, 2.75) is 39.5 Å². The molecule has 0 amide bonds. The molecule has 0 fully saturated rings. The number of rotatable bonds is 10. The zero-order valence-electron chi connectivity index (χ0n) is 14.8. The van der Waals surface area contributed by atoms with Crippen LogP contribution in [0.1, 0.15) is 31.4 Å². The summed E-state index contributed by atoms with van der Waals surface area (Å²) in [6.07, 6.45) is 0.885. The highest BCUT2D eigenvalue weighted by Gasteiger charge is 2.09. The molecule has 0 saturated carbocycles. The van der Waals surface area contributed by atoms with Crippen LogP contribution in [-0.4, -0.2) is 24.4 Å². The molecule has 2 aromatic rings. The van der Waals surface area contributed by atoms with E-state index in [1.807, 2.05) is 56.3 Å². The second-order valence-corrected chi connectivity index (χ2v) is 6.24. The van der Waals surface area contributed by atoms with Gasteiger partial charge in [0.25, 0.3) is 0 Å². The van der Waals surface area contributed by atoms with Gasteiger partial charge in [0.15, 0.2) is 11.5 Å². The van der Waals surface area contributed by atoms with E-state index in [2.05, 4.69) is 5.32 Å². The minimum absolute atomic E-state index is 0.106. The summed E-state index contributed by atoms with van der Waals surface area (Å²) in [6, 6.07) is 13.6. The Balaban J connectivity index is 2.04. The van der Waals surface area contributed by atoms with E-state index in [1.54, 1.807) is 0 Å². The highest BCUT2D eigenvalue weighted by molar-refractivity contribution is 6.30. The van der Waals surface area contributed by atoms with E-state index >= 15 is 0 Å². The Bertz CT molecular complexity index is 659. The number of benzene rings is 2. The lowest BCUT2D eigenvalue weighted by atomic mass is 10.1. The first kappa shape index (κ1) is 19.6. The van der Waals surface area contributed by atoms with Gasteiger partial charge in [-0.3, -0.25) is 0 Å². The highest BCUT2D eigenvalue weighted by Crippen LogP contribution is 2.29. The molecule has 0 radical (unpaired) electrons. The molecule has 0 unspecified atom stereocenters. The van der Waals surface area contributed by atoms with Crippen LogP contribution >= 0.6 is 11.6 Å². The SMILES string of the molecule is CCOc1cc(CN[C@@H](CC)CO)ccc1OCc1cccc(Cl)c1. The minimum atomic E-state index is 0.106. The topological polar surface area (TPSA) is 50.7 Å².